The summed E-state index contributed by atoms with van der Waals surface area (Å²) in [6.07, 6.45) is 1.24. The Labute approximate surface area is 129 Å². The third-order valence-electron chi connectivity index (χ3n) is 2.39. The van der Waals surface area contributed by atoms with Gasteiger partial charge in [-0.15, -0.1) is 0 Å². The van der Waals surface area contributed by atoms with Gasteiger partial charge < -0.3 is 0 Å². The summed E-state index contributed by atoms with van der Waals surface area (Å²) in [6, 6.07) is 0. The van der Waals surface area contributed by atoms with Gasteiger partial charge in [0.1, 0.15) is 0 Å². The van der Waals surface area contributed by atoms with Crippen LogP contribution in [0.15, 0.2) is 12.2 Å². The van der Waals surface area contributed by atoms with Crippen molar-refractivity contribution in [1.82, 2.24) is 0 Å². The van der Waals surface area contributed by atoms with Gasteiger partial charge in [0, 0.05) is 6.26 Å². The molecule has 124 valence electrons. The molecule has 0 aromatic rings. The fourth-order valence-electron chi connectivity index (χ4n) is 0. The summed E-state index contributed by atoms with van der Waals surface area (Å²) >= 11 is 0. The van der Waals surface area contributed by atoms with E-state index >= 15 is 0 Å². The molecular formula is C17H38O2S. The summed E-state index contributed by atoms with van der Waals surface area (Å²) in [6.45, 7) is 26.2. The van der Waals surface area contributed by atoms with Gasteiger partial charge in [0.15, 0.2) is 9.84 Å². The quantitative estimate of drug-likeness (QED) is 0.554. The molecule has 0 fully saturated rings. The molecule has 0 saturated heterocycles. The molecule has 20 heavy (non-hydrogen) atoms. The van der Waals surface area contributed by atoms with E-state index in [4.69, 9.17) is 0 Å². The minimum Gasteiger partial charge on any atom is -0.229 e. The first-order valence-corrected chi connectivity index (χ1v) is 8.94. The van der Waals surface area contributed by atoms with Gasteiger partial charge in [-0.05, 0) is 38.5 Å². The van der Waals surface area contributed by atoms with Crippen molar-refractivity contribution in [2.45, 2.75) is 80.9 Å². The molecule has 0 aromatic carbocycles. The zero-order valence-electron chi connectivity index (χ0n) is 15.9. The second-order valence-electron chi connectivity index (χ2n) is 8.91. The first kappa shape index (κ1) is 24.7. The van der Waals surface area contributed by atoms with E-state index in [-0.39, 0.29) is 0 Å². The van der Waals surface area contributed by atoms with Crippen LogP contribution in [0, 0.1) is 10.8 Å². The lowest BCUT2D eigenvalue weighted by molar-refractivity contribution is 0.469. The van der Waals surface area contributed by atoms with Crippen LogP contribution in [-0.4, -0.2) is 19.4 Å². The van der Waals surface area contributed by atoms with Crippen molar-refractivity contribution in [3.05, 3.63) is 12.2 Å². The highest BCUT2D eigenvalue weighted by molar-refractivity contribution is 7.92. The van der Waals surface area contributed by atoms with Crippen molar-refractivity contribution < 1.29 is 8.42 Å². The predicted molar refractivity (Wildman–Crippen MR) is 94.0 cm³/mol. The van der Waals surface area contributed by atoms with Crippen LogP contribution in [0.3, 0.4) is 0 Å². The van der Waals surface area contributed by atoms with Crippen LogP contribution < -0.4 is 0 Å². The summed E-state index contributed by atoms with van der Waals surface area (Å²) in [5.41, 5.74) is 2.05. The van der Waals surface area contributed by atoms with Gasteiger partial charge >= 0.3 is 0 Å². The van der Waals surface area contributed by atoms with Crippen molar-refractivity contribution in [1.29, 1.82) is 0 Å². The standard InChI is InChI=1S/C7H14.C5H12O2S.C5H12/c1-6(2)7(3,4)5;1-5(2,3)8(4,6)7;1-5(2,3)4/h1H2,2-5H3;1-4H3;1-4H3. The number of hydrogen-bond acceptors (Lipinski definition) is 2. The maximum absolute atomic E-state index is 10.7. The van der Waals surface area contributed by atoms with Crippen molar-refractivity contribution in [2.75, 3.05) is 6.26 Å². The number of hydrogen-bond donors (Lipinski definition) is 0. The lowest BCUT2D eigenvalue weighted by Gasteiger charge is -2.16. The van der Waals surface area contributed by atoms with Gasteiger partial charge in [-0.25, -0.2) is 8.42 Å². The Hall–Kier alpha value is -0.310. The Morgan fingerprint density at radius 1 is 0.800 bits per heavy atom. The van der Waals surface area contributed by atoms with E-state index in [9.17, 15) is 8.42 Å². The predicted octanol–water partition coefficient (Wildman–Crippen LogP) is 5.49. The minimum atomic E-state index is -2.84. The molecule has 0 aliphatic carbocycles. The fraction of sp³-hybridized carbons (Fsp3) is 0.882. The molecule has 0 atom stereocenters. The molecule has 0 amide bonds. The van der Waals surface area contributed by atoms with Crippen molar-refractivity contribution in [3.63, 3.8) is 0 Å². The molecule has 0 aliphatic heterocycles. The molecule has 0 aromatic heterocycles. The van der Waals surface area contributed by atoms with Crippen molar-refractivity contribution in [3.8, 4) is 0 Å². The maximum atomic E-state index is 10.7. The van der Waals surface area contributed by atoms with E-state index in [2.05, 4.69) is 62.0 Å². The van der Waals surface area contributed by atoms with Gasteiger partial charge in [0.25, 0.3) is 0 Å². The zero-order valence-corrected chi connectivity index (χ0v) is 16.7. The summed E-state index contributed by atoms with van der Waals surface area (Å²) in [5, 5.41) is 0. The second-order valence-corrected chi connectivity index (χ2v) is 11.7. The smallest absolute Gasteiger partial charge is 0.152 e. The fourth-order valence-corrected chi connectivity index (χ4v) is 0. The Balaban J connectivity index is -0.000000223. The first-order chi connectivity index (χ1) is 8.19. The van der Waals surface area contributed by atoms with Gasteiger partial charge in [-0.2, -0.15) is 0 Å². The normalized spacial score (nSPS) is 12.6. The van der Waals surface area contributed by atoms with Gasteiger partial charge in [-0.1, -0.05) is 60.6 Å². The summed E-state index contributed by atoms with van der Waals surface area (Å²) in [5.74, 6) is 0. The molecule has 0 radical (unpaired) electrons. The SMILES string of the molecule is C=C(C)C(C)(C)C.CC(C)(C)C.CC(C)(C)S(C)(=O)=O. The Morgan fingerprint density at radius 2 is 0.900 bits per heavy atom. The molecule has 0 unspecified atom stereocenters. The minimum absolute atomic E-state index is 0.306. The lowest BCUT2D eigenvalue weighted by atomic mass is 9.89. The van der Waals surface area contributed by atoms with E-state index in [1.165, 1.54) is 11.8 Å². The average molecular weight is 307 g/mol. The topological polar surface area (TPSA) is 34.1 Å². The van der Waals surface area contributed by atoms with Crippen LogP contribution in [0.1, 0.15) is 76.2 Å². The highest BCUT2D eigenvalue weighted by Crippen LogP contribution is 2.21. The molecule has 0 rings (SSSR count). The molecule has 3 heteroatoms. The van der Waals surface area contributed by atoms with E-state index in [1.54, 1.807) is 20.8 Å². The van der Waals surface area contributed by atoms with Crippen molar-refractivity contribution >= 4 is 9.84 Å². The van der Waals surface area contributed by atoms with Gasteiger partial charge in [0.2, 0.25) is 0 Å². The zero-order chi connectivity index (χ0) is 17.6. The third kappa shape index (κ3) is 22.8. The number of allylic oxidation sites excluding steroid dienone is 1. The molecule has 2 nitrogen and oxygen atoms in total. The first-order valence-electron chi connectivity index (χ1n) is 7.05. The van der Waals surface area contributed by atoms with E-state index < -0.39 is 14.6 Å². The van der Waals surface area contributed by atoms with Crippen molar-refractivity contribution in [2.24, 2.45) is 10.8 Å². The van der Waals surface area contributed by atoms with E-state index in [0.29, 0.717) is 10.8 Å². The van der Waals surface area contributed by atoms with Gasteiger partial charge in [0.05, 0.1) is 4.75 Å². The monoisotopic (exact) mass is 306 g/mol. The summed E-state index contributed by atoms with van der Waals surface area (Å²) in [7, 11) is -2.84. The molecule has 0 spiro atoms. The molecule has 0 aliphatic rings. The van der Waals surface area contributed by atoms with E-state index in [0.717, 1.165) is 0 Å². The Bertz CT molecular complexity index is 363. The van der Waals surface area contributed by atoms with Gasteiger partial charge in [-0.3, -0.25) is 0 Å². The van der Waals surface area contributed by atoms with Crippen LogP contribution in [0.4, 0.5) is 0 Å². The number of sulfone groups is 1. The molecule has 0 saturated carbocycles. The average Bonchev–Trinajstić information content (AvgIpc) is 1.94. The molecule has 0 heterocycles. The Morgan fingerprint density at radius 3 is 0.900 bits per heavy atom. The molecule has 0 N–H and O–H groups in total. The molecule has 0 bridgehead atoms. The van der Waals surface area contributed by atoms with Crippen LogP contribution >= 0.6 is 0 Å². The Kier molecular flexibility index (Phi) is 10.1. The highest BCUT2D eigenvalue weighted by Gasteiger charge is 2.22. The summed E-state index contributed by atoms with van der Waals surface area (Å²) in [4.78, 5) is 0. The highest BCUT2D eigenvalue weighted by atomic mass is 32.2. The largest absolute Gasteiger partial charge is 0.229 e. The number of rotatable bonds is 0. The van der Waals surface area contributed by atoms with Crippen LogP contribution in [0.5, 0.6) is 0 Å². The second kappa shape index (κ2) is 8.21. The van der Waals surface area contributed by atoms with Crippen LogP contribution in [-0.2, 0) is 9.84 Å². The third-order valence-corrected chi connectivity index (χ3v) is 4.62. The van der Waals surface area contributed by atoms with Crippen LogP contribution in [0.2, 0.25) is 0 Å². The maximum Gasteiger partial charge on any atom is 0.152 e. The van der Waals surface area contributed by atoms with E-state index in [1.807, 2.05) is 0 Å². The lowest BCUT2D eigenvalue weighted by Crippen LogP contribution is -2.26. The van der Waals surface area contributed by atoms with Crippen LogP contribution in [0.25, 0.3) is 0 Å². The molecular weight excluding hydrogens is 268 g/mol. The summed E-state index contributed by atoms with van der Waals surface area (Å²) < 4.78 is 20.7.